The van der Waals surface area contributed by atoms with E-state index in [1.165, 1.54) is 5.56 Å². The first-order chi connectivity index (χ1) is 7.92. The third-order valence-corrected chi connectivity index (χ3v) is 2.68. The first-order valence-electron chi connectivity index (χ1n) is 5.79. The van der Waals surface area contributed by atoms with Gasteiger partial charge >= 0.3 is 6.18 Å². The van der Waals surface area contributed by atoms with Gasteiger partial charge in [0.2, 0.25) is 0 Å². The van der Waals surface area contributed by atoms with Gasteiger partial charge in [-0.25, -0.2) is 0 Å². The van der Waals surface area contributed by atoms with Crippen LogP contribution in [0.5, 0.6) is 0 Å². The molecular weight excluding hydrogens is 227 g/mol. The second-order valence-corrected chi connectivity index (χ2v) is 4.22. The predicted molar refractivity (Wildman–Crippen MR) is 62.8 cm³/mol. The minimum absolute atomic E-state index is 0.487. The van der Waals surface area contributed by atoms with Crippen molar-refractivity contribution in [3.05, 3.63) is 35.4 Å². The molecule has 1 N–H and O–H groups in total. The topological polar surface area (TPSA) is 12.0 Å². The van der Waals surface area contributed by atoms with Crippen LogP contribution in [0.1, 0.15) is 31.4 Å². The van der Waals surface area contributed by atoms with Gasteiger partial charge in [0.15, 0.2) is 0 Å². The lowest BCUT2D eigenvalue weighted by Crippen LogP contribution is -2.30. The lowest BCUT2D eigenvalue weighted by molar-refractivity contribution is -0.139. The van der Waals surface area contributed by atoms with Gasteiger partial charge in [-0.05, 0) is 24.5 Å². The Labute approximate surface area is 100 Å². The van der Waals surface area contributed by atoms with Crippen molar-refractivity contribution >= 4 is 0 Å². The standard InChI is InChI=1S/C13H18F3N/c1-3-11-6-4-5-7-12(11)9-17-10(2)8-13(14,15)16/h4-7,10,17H,3,8-9H2,1-2H3. The molecule has 1 unspecified atom stereocenters. The van der Waals surface area contributed by atoms with Crippen LogP contribution >= 0.6 is 0 Å². The molecule has 0 aromatic heterocycles. The molecule has 0 heterocycles. The second kappa shape index (κ2) is 6.05. The monoisotopic (exact) mass is 245 g/mol. The normalized spacial score (nSPS) is 13.7. The van der Waals surface area contributed by atoms with E-state index < -0.39 is 18.6 Å². The van der Waals surface area contributed by atoms with E-state index in [-0.39, 0.29) is 0 Å². The summed E-state index contributed by atoms with van der Waals surface area (Å²) in [6.07, 6.45) is -4.00. The van der Waals surface area contributed by atoms with Crippen molar-refractivity contribution in [3.8, 4) is 0 Å². The molecule has 0 aliphatic rings. The van der Waals surface area contributed by atoms with Crippen LogP contribution in [0.4, 0.5) is 13.2 Å². The number of aryl methyl sites for hydroxylation is 1. The van der Waals surface area contributed by atoms with Crippen LogP contribution in [0.2, 0.25) is 0 Å². The van der Waals surface area contributed by atoms with Crippen LogP contribution in [0, 0.1) is 0 Å². The molecule has 0 radical (unpaired) electrons. The molecule has 1 aromatic carbocycles. The van der Waals surface area contributed by atoms with Crippen molar-refractivity contribution in [2.75, 3.05) is 0 Å². The van der Waals surface area contributed by atoms with Crippen molar-refractivity contribution in [2.45, 2.75) is 45.5 Å². The van der Waals surface area contributed by atoms with Crippen LogP contribution in [-0.2, 0) is 13.0 Å². The molecule has 1 aromatic rings. The summed E-state index contributed by atoms with van der Waals surface area (Å²) < 4.78 is 36.4. The fourth-order valence-electron chi connectivity index (χ4n) is 1.78. The molecule has 0 aliphatic carbocycles. The lowest BCUT2D eigenvalue weighted by Gasteiger charge is -2.17. The van der Waals surface area contributed by atoms with Crippen molar-refractivity contribution in [1.82, 2.24) is 5.32 Å². The molecule has 0 saturated heterocycles. The Morgan fingerprint density at radius 1 is 1.18 bits per heavy atom. The predicted octanol–water partition coefficient (Wildman–Crippen LogP) is 3.68. The molecule has 0 aliphatic heterocycles. The number of benzene rings is 1. The number of hydrogen-bond donors (Lipinski definition) is 1. The zero-order chi connectivity index (χ0) is 12.9. The van der Waals surface area contributed by atoms with Crippen LogP contribution in [0.25, 0.3) is 0 Å². The molecule has 1 nitrogen and oxygen atoms in total. The summed E-state index contributed by atoms with van der Waals surface area (Å²) in [6, 6.07) is 7.25. The van der Waals surface area contributed by atoms with Crippen molar-refractivity contribution < 1.29 is 13.2 Å². The minimum Gasteiger partial charge on any atom is -0.310 e. The third-order valence-electron chi connectivity index (χ3n) is 2.68. The summed E-state index contributed by atoms with van der Waals surface area (Å²) in [4.78, 5) is 0. The molecule has 0 bridgehead atoms. The summed E-state index contributed by atoms with van der Waals surface area (Å²) in [5.41, 5.74) is 2.25. The van der Waals surface area contributed by atoms with Crippen LogP contribution in [0.3, 0.4) is 0 Å². The van der Waals surface area contributed by atoms with E-state index in [0.717, 1.165) is 12.0 Å². The van der Waals surface area contributed by atoms with E-state index in [1.807, 2.05) is 31.2 Å². The molecule has 17 heavy (non-hydrogen) atoms. The van der Waals surface area contributed by atoms with E-state index in [0.29, 0.717) is 6.54 Å². The number of hydrogen-bond acceptors (Lipinski definition) is 1. The molecule has 0 spiro atoms. The summed E-state index contributed by atoms with van der Waals surface area (Å²) in [7, 11) is 0. The molecule has 1 atom stereocenters. The van der Waals surface area contributed by atoms with Gasteiger partial charge in [0.1, 0.15) is 0 Å². The third kappa shape index (κ3) is 5.22. The van der Waals surface area contributed by atoms with E-state index in [4.69, 9.17) is 0 Å². The Kier molecular flexibility index (Phi) is 5.00. The fourth-order valence-corrected chi connectivity index (χ4v) is 1.78. The van der Waals surface area contributed by atoms with Crippen LogP contribution in [-0.4, -0.2) is 12.2 Å². The summed E-state index contributed by atoms with van der Waals surface area (Å²) in [5.74, 6) is 0. The number of nitrogens with one attached hydrogen (secondary N) is 1. The van der Waals surface area contributed by atoms with Crippen molar-refractivity contribution in [1.29, 1.82) is 0 Å². The van der Waals surface area contributed by atoms with E-state index in [1.54, 1.807) is 6.92 Å². The fraction of sp³-hybridized carbons (Fsp3) is 0.538. The quantitative estimate of drug-likeness (QED) is 0.834. The largest absolute Gasteiger partial charge is 0.390 e. The Morgan fingerprint density at radius 2 is 1.76 bits per heavy atom. The highest BCUT2D eigenvalue weighted by molar-refractivity contribution is 5.26. The molecule has 0 saturated carbocycles. The summed E-state index contributed by atoms with van der Waals surface area (Å²) in [6.45, 7) is 4.08. The minimum atomic E-state index is -4.10. The van der Waals surface area contributed by atoms with Crippen LogP contribution in [0.15, 0.2) is 24.3 Å². The summed E-state index contributed by atoms with van der Waals surface area (Å²) >= 11 is 0. The van der Waals surface area contributed by atoms with Gasteiger partial charge in [-0.15, -0.1) is 0 Å². The maximum absolute atomic E-state index is 12.1. The highest BCUT2D eigenvalue weighted by Gasteiger charge is 2.29. The van der Waals surface area contributed by atoms with Crippen molar-refractivity contribution in [2.24, 2.45) is 0 Å². The van der Waals surface area contributed by atoms with E-state index in [9.17, 15) is 13.2 Å². The van der Waals surface area contributed by atoms with Gasteiger partial charge in [-0.3, -0.25) is 0 Å². The van der Waals surface area contributed by atoms with Gasteiger partial charge in [-0.2, -0.15) is 13.2 Å². The molecule has 0 amide bonds. The van der Waals surface area contributed by atoms with Gasteiger partial charge in [0, 0.05) is 12.6 Å². The first kappa shape index (κ1) is 14.0. The summed E-state index contributed by atoms with van der Waals surface area (Å²) in [5, 5.41) is 2.91. The van der Waals surface area contributed by atoms with Crippen LogP contribution < -0.4 is 5.32 Å². The van der Waals surface area contributed by atoms with Gasteiger partial charge in [0.25, 0.3) is 0 Å². The number of rotatable bonds is 5. The van der Waals surface area contributed by atoms with Crippen molar-refractivity contribution in [3.63, 3.8) is 0 Å². The smallest absolute Gasteiger partial charge is 0.310 e. The first-order valence-corrected chi connectivity index (χ1v) is 5.79. The molecular formula is C13H18F3N. The average molecular weight is 245 g/mol. The number of halogens is 3. The maximum atomic E-state index is 12.1. The van der Waals surface area contributed by atoms with Gasteiger partial charge in [0.05, 0.1) is 6.42 Å². The Balaban J connectivity index is 2.50. The molecule has 1 rings (SSSR count). The van der Waals surface area contributed by atoms with Gasteiger partial charge < -0.3 is 5.32 Å². The second-order valence-electron chi connectivity index (χ2n) is 4.22. The zero-order valence-electron chi connectivity index (χ0n) is 10.1. The number of alkyl halides is 3. The SMILES string of the molecule is CCc1ccccc1CNC(C)CC(F)(F)F. The average Bonchev–Trinajstić information content (AvgIpc) is 2.24. The zero-order valence-corrected chi connectivity index (χ0v) is 10.1. The highest BCUT2D eigenvalue weighted by Crippen LogP contribution is 2.21. The lowest BCUT2D eigenvalue weighted by atomic mass is 10.0. The Morgan fingerprint density at radius 3 is 2.29 bits per heavy atom. The Hall–Kier alpha value is -1.03. The molecule has 4 heteroatoms. The Bertz CT molecular complexity index is 347. The van der Waals surface area contributed by atoms with Gasteiger partial charge in [-0.1, -0.05) is 31.2 Å². The molecule has 96 valence electrons. The highest BCUT2D eigenvalue weighted by atomic mass is 19.4. The maximum Gasteiger partial charge on any atom is 0.390 e. The van der Waals surface area contributed by atoms with E-state index in [2.05, 4.69) is 5.32 Å². The molecule has 0 fully saturated rings. The van der Waals surface area contributed by atoms with E-state index >= 15 is 0 Å².